The van der Waals surface area contributed by atoms with Gasteiger partial charge in [0, 0.05) is 5.02 Å². The molecular formula is C49H68Cl2N5O8P. The molecule has 1 unspecified atom stereocenters. The van der Waals surface area contributed by atoms with Crippen LogP contribution in [0.1, 0.15) is 160 Å². The first-order valence-electron chi connectivity index (χ1n) is 23.6. The molecule has 2 aromatic carbocycles. The summed E-state index contributed by atoms with van der Waals surface area (Å²) in [5, 5.41) is 14.6. The zero-order valence-electron chi connectivity index (χ0n) is 38.6. The number of hydrogen-bond acceptors (Lipinski definition) is 12. The van der Waals surface area contributed by atoms with Crippen molar-refractivity contribution in [2.45, 2.75) is 179 Å². The van der Waals surface area contributed by atoms with Crippen LogP contribution in [0.2, 0.25) is 10.0 Å². The number of aromatic nitrogens is 3. The molecule has 0 spiro atoms. The first kappa shape index (κ1) is 51.1. The van der Waals surface area contributed by atoms with E-state index in [4.69, 9.17) is 61.5 Å². The van der Waals surface area contributed by atoms with Crippen LogP contribution >= 0.6 is 31.0 Å². The molecule has 65 heavy (non-hydrogen) atoms. The standard InChI is InChI=1S/C49H68Cl2N5O8P/c1-5-6-7-8-9-10-11-12-13-14-15-16-17-18-19-20-23-39(58-32-37-28-36(31-52)29-38(50)30-37)33-59-65(57,64-43-25-22-21-24-40(43)51)60-34-49(4)46-45(61-48(2,3)63-46)44(62-49)41-26-27-42-47(53)54-35-55-56(41)42/h21-22,24-30,35,39,44-46H,5-20,23,32-34H2,1-4H3,(H2,53,54,55)/t39-,44-,45-,46-,49+,65?/m0/s1. The molecule has 356 valence electrons. The van der Waals surface area contributed by atoms with E-state index in [1.165, 1.54) is 89.8 Å². The second-order valence-electron chi connectivity index (χ2n) is 18.1. The van der Waals surface area contributed by atoms with E-state index in [2.05, 4.69) is 23.1 Å². The van der Waals surface area contributed by atoms with Gasteiger partial charge in [0.25, 0.3) is 0 Å². The molecule has 0 bridgehead atoms. The fourth-order valence-electron chi connectivity index (χ4n) is 8.70. The lowest BCUT2D eigenvalue weighted by Gasteiger charge is -2.32. The molecule has 16 heteroatoms. The van der Waals surface area contributed by atoms with Crippen molar-refractivity contribution in [2.75, 3.05) is 18.9 Å². The zero-order chi connectivity index (χ0) is 46.3. The highest BCUT2D eigenvalue weighted by molar-refractivity contribution is 7.49. The number of hydrogen-bond donors (Lipinski definition) is 1. The van der Waals surface area contributed by atoms with Crippen LogP contribution in [0.3, 0.4) is 0 Å². The molecule has 6 rings (SSSR count). The Kier molecular flexibility index (Phi) is 19.4. The van der Waals surface area contributed by atoms with Gasteiger partial charge in [0.15, 0.2) is 11.6 Å². The smallest absolute Gasteiger partial charge is 0.402 e. The number of benzene rings is 2. The number of fused-ring (bicyclic) bond motifs is 2. The molecule has 4 aromatic rings. The van der Waals surface area contributed by atoms with Crippen LogP contribution in [0, 0.1) is 11.3 Å². The Morgan fingerprint density at radius 3 is 2.18 bits per heavy atom. The van der Waals surface area contributed by atoms with E-state index in [0.29, 0.717) is 34.0 Å². The molecule has 2 aliphatic rings. The Morgan fingerprint density at radius 2 is 1.52 bits per heavy atom. The van der Waals surface area contributed by atoms with E-state index in [-0.39, 0.29) is 30.6 Å². The van der Waals surface area contributed by atoms with Gasteiger partial charge >= 0.3 is 7.82 Å². The minimum Gasteiger partial charge on any atom is -0.402 e. The predicted octanol–water partition coefficient (Wildman–Crippen LogP) is 13.3. The number of rotatable bonds is 29. The molecule has 2 N–H and O–H groups in total. The lowest BCUT2D eigenvalue weighted by atomic mass is 9.97. The maximum Gasteiger partial charge on any atom is 0.530 e. The van der Waals surface area contributed by atoms with Crippen molar-refractivity contribution in [3.63, 3.8) is 0 Å². The van der Waals surface area contributed by atoms with Crippen LogP contribution in [0.4, 0.5) is 5.82 Å². The maximum atomic E-state index is 14.9. The van der Waals surface area contributed by atoms with Gasteiger partial charge in [0.2, 0.25) is 0 Å². The average molecular weight is 957 g/mol. The molecule has 0 saturated carbocycles. The van der Waals surface area contributed by atoms with Gasteiger partial charge in [-0.1, -0.05) is 145 Å². The topological polar surface area (TPSA) is 162 Å². The van der Waals surface area contributed by atoms with E-state index in [9.17, 15) is 9.83 Å². The molecule has 2 fully saturated rings. The number of ether oxygens (including phenoxy) is 4. The van der Waals surface area contributed by atoms with Gasteiger partial charge in [-0.05, 0) is 75.2 Å². The third-order valence-electron chi connectivity index (χ3n) is 12.2. The molecule has 6 atom stereocenters. The molecule has 13 nitrogen and oxygen atoms in total. The largest absolute Gasteiger partial charge is 0.530 e. The average Bonchev–Trinajstić information content (AvgIpc) is 3.94. The van der Waals surface area contributed by atoms with Crippen LogP contribution in [0.5, 0.6) is 5.75 Å². The quantitative estimate of drug-likeness (QED) is 0.0406. The number of nitrogens with zero attached hydrogens (tertiary/aromatic N) is 4. The zero-order valence-corrected chi connectivity index (χ0v) is 41.0. The van der Waals surface area contributed by atoms with E-state index in [1.54, 1.807) is 47.0 Å². The molecule has 2 aromatic heterocycles. The monoisotopic (exact) mass is 955 g/mol. The molecule has 2 saturated heterocycles. The van der Waals surface area contributed by atoms with Crippen LogP contribution in [-0.4, -0.2) is 57.5 Å². The SMILES string of the molecule is CCCCCCCCCCCCCCCCCC[C@@H](COP(=O)(OC[C@@]1(C)O[C@@H](c2ccc3c(N)ncnn23)[C@@H]2OC(C)(C)O[C@@H]21)Oc1ccccc1Cl)OCc1cc(Cl)cc(C#N)c1. The third-order valence-corrected chi connectivity index (χ3v) is 14.0. The van der Waals surface area contributed by atoms with E-state index in [0.717, 1.165) is 24.8 Å². The molecular weight excluding hydrogens is 888 g/mol. The Labute approximate surface area is 395 Å². The summed E-state index contributed by atoms with van der Waals surface area (Å²) in [5.41, 5.74) is 7.42. The number of nitrogen functional groups attached to an aromatic ring is 1. The van der Waals surface area contributed by atoms with Crippen molar-refractivity contribution in [2.24, 2.45) is 0 Å². The highest BCUT2D eigenvalue weighted by atomic mass is 35.5. The normalized spacial score (nSPS) is 21.6. The number of para-hydroxylation sites is 1. The molecule has 2 aliphatic heterocycles. The predicted molar refractivity (Wildman–Crippen MR) is 254 cm³/mol. The summed E-state index contributed by atoms with van der Waals surface area (Å²) in [7, 11) is -4.45. The fourth-order valence-corrected chi connectivity index (χ4v) is 10.5. The number of phosphoric ester groups is 1. The van der Waals surface area contributed by atoms with Crippen LogP contribution in [0.15, 0.2) is 60.9 Å². The number of halogens is 2. The van der Waals surface area contributed by atoms with Gasteiger partial charge in [-0.15, -0.1) is 0 Å². The molecule has 0 amide bonds. The van der Waals surface area contributed by atoms with Crippen molar-refractivity contribution in [1.29, 1.82) is 5.26 Å². The minimum atomic E-state index is -4.45. The first-order chi connectivity index (χ1) is 31.3. The van der Waals surface area contributed by atoms with Crippen molar-refractivity contribution in [3.8, 4) is 11.8 Å². The highest BCUT2D eigenvalue weighted by Gasteiger charge is 2.62. The second kappa shape index (κ2) is 24.7. The number of unbranched alkanes of at least 4 members (excludes halogenated alkanes) is 15. The van der Waals surface area contributed by atoms with Gasteiger partial charge in [-0.2, -0.15) is 10.4 Å². The third kappa shape index (κ3) is 14.9. The molecule has 0 aliphatic carbocycles. The number of phosphoric acid groups is 1. The maximum absolute atomic E-state index is 14.9. The number of anilines is 1. The van der Waals surface area contributed by atoms with E-state index >= 15 is 0 Å². The summed E-state index contributed by atoms with van der Waals surface area (Å²) in [6.45, 7) is 7.52. The van der Waals surface area contributed by atoms with Crippen molar-refractivity contribution in [1.82, 2.24) is 14.6 Å². The van der Waals surface area contributed by atoms with Crippen molar-refractivity contribution >= 4 is 42.4 Å². The summed E-state index contributed by atoms with van der Waals surface area (Å²) < 4.78 is 61.1. The summed E-state index contributed by atoms with van der Waals surface area (Å²) in [6, 6.07) is 17.6. The summed E-state index contributed by atoms with van der Waals surface area (Å²) in [5.74, 6) is -0.507. The van der Waals surface area contributed by atoms with Crippen LogP contribution in [0.25, 0.3) is 5.52 Å². The van der Waals surface area contributed by atoms with Gasteiger partial charge in [-0.3, -0.25) is 9.05 Å². The summed E-state index contributed by atoms with van der Waals surface area (Å²) in [6.07, 6.45) is 19.9. The van der Waals surface area contributed by atoms with Gasteiger partial charge in [0.1, 0.15) is 41.5 Å². The highest BCUT2D eigenvalue weighted by Crippen LogP contribution is 2.55. The Bertz CT molecular complexity index is 2200. The second-order valence-corrected chi connectivity index (χ2v) is 20.5. The number of nitriles is 1. The number of nitrogens with two attached hydrogens (primary N) is 1. The summed E-state index contributed by atoms with van der Waals surface area (Å²) in [4.78, 5) is 4.12. The van der Waals surface area contributed by atoms with Crippen molar-refractivity contribution < 1.29 is 37.1 Å². The van der Waals surface area contributed by atoms with Crippen LogP contribution < -0.4 is 10.3 Å². The molecule has 0 radical (unpaired) electrons. The lowest BCUT2D eigenvalue weighted by molar-refractivity contribution is -0.212. The van der Waals surface area contributed by atoms with Crippen molar-refractivity contribution in [3.05, 3.63) is 87.8 Å². The Balaban J connectivity index is 1.09. The van der Waals surface area contributed by atoms with Gasteiger partial charge in [0.05, 0.1) is 48.3 Å². The fraction of sp³-hybridized carbons (Fsp3) is 0.612. The molecule has 4 heterocycles. The van der Waals surface area contributed by atoms with Crippen LogP contribution in [-0.2, 0) is 39.2 Å². The van der Waals surface area contributed by atoms with Gasteiger partial charge in [-0.25, -0.2) is 14.1 Å². The summed E-state index contributed by atoms with van der Waals surface area (Å²) >= 11 is 12.9. The Hall–Kier alpha value is -3.28. The first-order valence-corrected chi connectivity index (χ1v) is 25.8. The Morgan fingerprint density at radius 1 is 0.862 bits per heavy atom. The van der Waals surface area contributed by atoms with Gasteiger partial charge < -0.3 is 29.2 Å². The lowest BCUT2D eigenvalue weighted by Crippen LogP contribution is -2.44. The van der Waals surface area contributed by atoms with E-state index in [1.807, 2.05) is 32.9 Å². The minimum absolute atomic E-state index is 0.123. The van der Waals surface area contributed by atoms with E-state index < -0.39 is 43.6 Å².